The molecule has 0 saturated heterocycles. The molecule has 0 aromatic carbocycles. The molecular weight excluding hydrogens is 300 g/mol. The van der Waals surface area contributed by atoms with Gasteiger partial charge in [-0.25, -0.2) is 9.97 Å². The van der Waals surface area contributed by atoms with Crippen LogP contribution in [0, 0.1) is 12.8 Å². The Morgan fingerprint density at radius 1 is 1.21 bits per heavy atom. The Bertz CT molecular complexity index is 728. The van der Waals surface area contributed by atoms with Crippen molar-refractivity contribution in [1.29, 1.82) is 0 Å². The molecule has 5 heteroatoms. The molecule has 0 bridgehead atoms. The molecule has 2 aromatic heterocycles. The van der Waals surface area contributed by atoms with Gasteiger partial charge in [-0.2, -0.15) is 0 Å². The summed E-state index contributed by atoms with van der Waals surface area (Å²) in [5.41, 5.74) is 2.77. The number of aromatic nitrogens is 3. The third-order valence-corrected chi connectivity index (χ3v) is 5.37. The molecule has 0 spiro atoms. The predicted molar refractivity (Wildman–Crippen MR) is 97.1 cm³/mol. The van der Waals surface area contributed by atoms with Crippen LogP contribution in [0.3, 0.4) is 0 Å². The minimum atomic E-state index is 0. The van der Waals surface area contributed by atoms with Gasteiger partial charge in [0, 0.05) is 18.2 Å². The minimum absolute atomic E-state index is 0. The summed E-state index contributed by atoms with van der Waals surface area (Å²) < 4.78 is 2.15. The number of rotatable bonds is 5. The van der Waals surface area contributed by atoms with Crippen LogP contribution in [0.2, 0.25) is 0 Å². The third kappa shape index (κ3) is 3.17. The van der Waals surface area contributed by atoms with E-state index in [0.29, 0.717) is 18.4 Å². The molecule has 2 heterocycles. The molecule has 1 N–H and O–H groups in total. The number of aryl methyl sites for hydroxylation is 1. The summed E-state index contributed by atoms with van der Waals surface area (Å²) in [6, 6.07) is 4.40. The number of hydrogen-bond donors (Lipinski definition) is 1. The minimum Gasteiger partial charge on any atom is -0.296 e. The van der Waals surface area contributed by atoms with Crippen molar-refractivity contribution < 1.29 is 4.79 Å². The molecule has 0 atom stereocenters. The fourth-order valence-electron chi connectivity index (χ4n) is 3.45. The second kappa shape index (κ2) is 6.91. The van der Waals surface area contributed by atoms with E-state index < -0.39 is 0 Å². The van der Waals surface area contributed by atoms with Gasteiger partial charge in [0.15, 0.2) is 5.65 Å². The average molecular weight is 328 g/mol. The molecule has 2 aromatic rings. The molecule has 24 heavy (non-hydrogen) atoms. The summed E-state index contributed by atoms with van der Waals surface area (Å²) in [7, 11) is 0. The molecule has 2 aliphatic carbocycles. The van der Waals surface area contributed by atoms with Gasteiger partial charge in [-0.15, -0.1) is 0 Å². The van der Waals surface area contributed by atoms with Gasteiger partial charge in [0.2, 0.25) is 11.9 Å². The van der Waals surface area contributed by atoms with Gasteiger partial charge in [0.25, 0.3) is 0 Å². The highest BCUT2D eigenvalue weighted by Gasteiger charge is 2.26. The summed E-state index contributed by atoms with van der Waals surface area (Å²) in [5, 5.41) is 3.05. The molecule has 0 radical (unpaired) electrons. The first-order valence-corrected chi connectivity index (χ1v) is 8.86. The summed E-state index contributed by atoms with van der Waals surface area (Å²) >= 11 is 0. The number of amides is 1. The second-order valence-corrected chi connectivity index (χ2v) is 7.07. The van der Waals surface area contributed by atoms with Gasteiger partial charge in [-0.1, -0.05) is 26.7 Å². The van der Waals surface area contributed by atoms with Crippen molar-refractivity contribution in [3.8, 4) is 0 Å². The molecule has 0 aliphatic heterocycles. The van der Waals surface area contributed by atoms with Crippen LogP contribution in [0.5, 0.6) is 0 Å². The number of nitrogens with zero attached hydrogens (tertiary/aromatic N) is 3. The molecular formula is C19H28N4O. The highest BCUT2D eigenvalue weighted by atomic mass is 16.1. The Balaban J connectivity index is 0.00000169. The van der Waals surface area contributed by atoms with Gasteiger partial charge in [0.05, 0.1) is 0 Å². The zero-order valence-corrected chi connectivity index (χ0v) is 13.7. The fourth-order valence-corrected chi connectivity index (χ4v) is 3.45. The molecule has 2 saturated carbocycles. The van der Waals surface area contributed by atoms with E-state index in [9.17, 15) is 4.79 Å². The smallest absolute Gasteiger partial charge is 0.226 e. The van der Waals surface area contributed by atoms with Crippen molar-refractivity contribution >= 4 is 23.0 Å². The van der Waals surface area contributed by atoms with Crippen molar-refractivity contribution in [1.82, 2.24) is 14.5 Å². The van der Waals surface area contributed by atoms with Crippen molar-refractivity contribution in [3.63, 3.8) is 0 Å². The second-order valence-electron chi connectivity index (χ2n) is 7.07. The highest BCUT2D eigenvalue weighted by molar-refractivity contribution is 5.91. The number of imidazole rings is 1. The van der Waals surface area contributed by atoms with E-state index in [2.05, 4.69) is 19.9 Å². The van der Waals surface area contributed by atoms with E-state index in [1.165, 1.54) is 25.7 Å². The van der Waals surface area contributed by atoms with Gasteiger partial charge in [0.1, 0.15) is 5.52 Å². The van der Waals surface area contributed by atoms with E-state index in [4.69, 9.17) is 0 Å². The SMILES string of the molecule is C.Cc1ccc2nc(NC(=O)CCC3CCC3)n(C3CCC3)c2n1. The first kappa shape index (κ1) is 16.9. The first-order chi connectivity index (χ1) is 11.2. The summed E-state index contributed by atoms with van der Waals surface area (Å²) in [6.45, 7) is 1.99. The molecule has 2 fully saturated rings. The lowest BCUT2D eigenvalue weighted by Gasteiger charge is -2.28. The quantitative estimate of drug-likeness (QED) is 0.871. The Kier molecular flexibility index (Phi) is 4.88. The van der Waals surface area contributed by atoms with Gasteiger partial charge < -0.3 is 0 Å². The predicted octanol–water partition coefficient (Wildman–Crippen LogP) is 4.62. The Morgan fingerprint density at radius 3 is 2.58 bits per heavy atom. The van der Waals surface area contributed by atoms with Crippen molar-refractivity contribution in [2.45, 2.75) is 71.8 Å². The normalized spacial score (nSPS) is 17.9. The van der Waals surface area contributed by atoms with Crippen LogP contribution in [0.15, 0.2) is 12.1 Å². The number of fused-ring (bicyclic) bond motifs is 1. The first-order valence-electron chi connectivity index (χ1n) is 8.86. The maximum atomic E-state index is 12.3. The number of carbonyl (C=O) groups is 1. The maximum absolute atomic E-state index is 12.3. The summed E-state index contributed by atoms with van der Waals surface area (Å²) in [5.74, 6) is 1.53. The Hall–Kier alpha value is -1.91. The maximum Gasteiger partial charge on any atom is 0.226 e. The number of nitrogens with one attached hydrogen (secondary N) is 1. The van der Waals surface area contributed by atoms with Gasteiger partial charge >= 0.3 is 0 Å². The van der Waals surface area contributed by atoms with E-state index >= 15 is 0 Å². The third-order valence-electron chi connectivity index (χ3n) is 5.37. The monoisotopic (exact) mass is 328 g/mol. The van der Waals surface area contributed by atoms with E-state index in [1.807, 2.05) is 19.1 Å². The highest BCUT2D eigenvalue weighted by Crippen LogP contribution is 2.37. The lowest BCUT2D eigenvalue weighted by molar-refractivity contribution is -0.116. The fraction of sp³-hybridized carbons (Fsp3) is 0.632. The molecule has 4 rings (SSSR count). The molecule has 0 unspecified atom stereocenters. The van der Waals surface area contributed by atoms with Crippen LogP contribution < -0.4 is 5.32 Å². The van der Waals surface area contributed by atoms with E-state index in [0.717, 1.165) is 42.0 Å². The number of hydrogen-bond acceptors (Lipinski definition) is 3. The summed E-state index contributed by atoms with van der Waals surface area (Å²) in [6.07, 6.45) is 9.05. The van der Waals surface area contributed by atoms with Crippen LogP contribution in [-0.4, -0.2) is 20.4 Å². The van der Waals surface area contributed by atoms with Gasteiger partial charge in [-0.05, 0) is 50.7 Å². The lowest BCUT2D eigenvalue weighted by atomic mass is 9.82. The zero-order chi connectivity index (χ0) is 15.8. The van der Waals surface area contributed by atoms with Crippen LogP contribution >= 0.6 is 0 Å². The number of pyridine rings is 1. The number of carbonyl (C=O) groups excluding carboxylic acids is 1. The Labute approximate surface area is 143 Å². The standard InChI is InChI=1S/C18H24N4O.CH4/c1-12-8-10-15-17(19-12)22(14-6-3-7-14)18(20-15)21-16(23)11-9-13-4-2-5-13;/h8,10,13-14H,2-7,9,11H2,1H3,(H,20,21,23);1H4. The van der Waals surface area contributed by atoms with Crippen LogP contribution in [0.4, 0.5) is 5.95 Å². The Morgan fingerprint density at radius 2 is 1.96 bits per heavy atom. The van der Waals surface area contributed by atoms with Crippen molar-refractivity contribution in [2.75, 3.05) is 5.32 Å². The molecule has 2 aliphatic rings. The van der Waals surface area contributed by atoms with Crippen LogP contribution in [0.1, 0.15) is 70.5 Å². The molecule has 1 amide bonds. The van der Waals surface area contributed by atoms with Crippen molar-refractivity contribution in [2.24, 2.45) is 5.92 Å². The molecule has 5 nitrogen and oxygen atoms in total. The number of anilines is 1. The summed E-state index contributed by atoms with van der Waals surface area (Å²) in [4.78, 5) is 21.6. The van der Waals surface area contributed by atoms with Crippen LogP contribution in [0.25, 0.3) is 11.2 Å². The van der Waals surface area contributed by atoms with E-state index in [-0.39, 0.29) is 13.3 Å². The zero-order valence-electron chi connectivity index (χ0n) is 13.7. The van der Waals surface area contributed by atoms with E-state index in [1.54, 1.807) is 0 Å². The molecule has 130 valence electrons. The largest absolute Gasteiger partial charge is 0.296 e. The lowest BCUT2D eigenvalue weighted by Crippen LogP contribution is -2.23. The van der Waals surface area contributed by atoms with Crippen LogP contribution in [-0.2, 0) is 4.79 Å². The van der Waals surface area contributed by atoms with Crippen molar-refractivity contribution in [3.05, 3.63) is 17.8 Å². The topological polar surface area (TPSA) is 59.8 Å². The average Bonchev–Trinajstić information content (AvgIpc) is 2.73. The van der Waals surface area contributed by atoms with Gasteiger partial charge in [-0.3, -0.25) is 14.7 Å².